The predicted molar refractivity (Wildman–Crippen MR) is 183 cm³/mol. The van der Waals surface area contributed by atoms with Gasteiger partial charge in [-0.05, 0) is 112 Å². The second-order valence-corrected chi connectivity index (χ2v) is 12.6. The lowest BCUT2D eigenvalue weighted by Crippen LogP contribution is -2.10. The summed E-state index contributed by atoms with van der Waals surface area (Å²) < 4.78 is 0. The van der Waals surface area contributed by atoms with Gasteiger partial charge in [-0.3, -0.25) is 0 Å². The van der Waals surface area contributed by atoms with Crippen molar-refractivity contribution in [3.05, 3.63) is 145 Å². The average molecular weight is 537 g/mol. The smallest absolute Gasteiger partial charge is 0.00201 e. The summed E-state index contributed by atoms with van der Waals surface area (Å²) in [6.45, 7) is 6.82. The molecule has 0 aliphatic carbocycles. The van der Waals surface area contributed by atoms with Crippen LogP contribution in [-0.4, -0.2) is 0 Å². The van der Waals surface area contributed by atoms with E-state index >= 15 is 0 Å². The monoisotopic (exact) mass is 536 g/mol. The number of rotatable bonds is 3. The van der Waals surface area contributed by atoms with Gasteiger partial charge >= 0.3 is 0 Å². The molecule has 0 saturated heterocycles. The van der Waals surface area contributed by atoms with Crippen molar-refractivity contribution < 1.29 is 0 Å². The first-order chi connectivity index (χ1) is 20.5. The first-order valence-corrected chi connectivity index (χ1v) is 14.9. The highest BCUT2D eigenvalue weighted by Crippen LogP contribution is 2.46. The Hall–Kier alpha value is -4.94. The van der Waals surface area contributed by atoms with Crippen molar-refractivity contribution in [1.29, 1.82) is 0 Å². The molecule has 0 aromatic heterocycles. The highest BCUT2D eigenvalue weighted by Gasteiger charge is 2.19. The second-order valence-electron chi connectivity index (χ2n) is 12.6. The molecule has 0 fully saturated rings. The molecule has 0 N–H and O–H groups in total. The van der Waals surface area contributed by atoms with Crippen LogP contribution in [0.5, 0.6) is 0 Å². The molecule has 0 bridgehead atoms. The van der Waals surface area contributed by atoms with Gasteiger partial charge in [-0.1, -0.05) is 136 Å². The first-order valence-electron chi connectivity index (χ1n) is 14.9. The van der Waals surface area contributed by atoms with Crippen LogP contribution in [0.2, 0.25) is 0 Å². The van der Waals surface area contributed by atoms with E-state index in [0.717, 1.165) is 0 Å². The zero-order valence-corrected chi connectivity index (χ0v) is 24.3. The van der Waals surface area contributed by atoms with Crippen molar-refractivity contribution in [3.8, 4) is 33.4 Å². The average Bonchev–Trinajstić information content (AvgIpc) is 3.02. The topological polar surface area (TPSA) is 0 Å². The largest absolute Gasteiger partial charge is 0.0622 e. The second kappa shape index (κ2) is 9.29. The van der Waals surface area contributed by atoms with E-state index in [1.54, 1.807) is 0 Å². The van der Waals surface area contributed by atoms with Crippen LogP contribution in [-0.2, 0) is 5.41 Å². The van der Waals surface area contributed by atoms with Gasteiger partial charge in [0, 0.05) is 0 Å². The Balaban J connectivity index is 1.43. The SMILES string of the molecule is CC(C)(C)c1ccc(-c2cc3cccc4c(-c5cc6ccccc6cc5-c5ccccc5)cc5cccc2c5c34)cc1. The molecule has 8 aromatic rings. The summed E-state index contributed by atoms with van der Waals surface area (Å²) in [5.41, 5.74) is 9.12. The van der Waals surface area contributed by atoms with Crippen molar-refractivity contribution >= 4 is 43.1 Å². The van der Waals surface area contributed by atoms with Gasteiger partial charge in [0.1, 0.15) is 0 Å². The van der Waals surface area contributed by atoms with Crippen LogP contribution in [0.4, 0.5) is 0 Å². The quantitative estimate of drug-likeness (QED) is 0.197. The highest BCUT2D eigenvalue weighted by atomic mass is 14.2. The lowest BCUT2D eigenvalue weighted by molar-refractivity contribution is 0.590. The van der Waals surface area contributed by atoms with E-state index in [1.807, 2.05) is 0 Å². The van der Waals surface area contributed by atoms with Crippen molar-refractivity contribution in [3.63, 3.8) is 0 Å². The molecule has 8 aromatic carbocycles. The summed E-state index contributed by atoms with van der Waals surface area (Å²) in [4.78, 5) is 0. The van der Waals surface area contributed by atoms with Crippen LogP contribution in [0.15, 0.2) is 140 Å². The fourth-order valence-corrected chi connectivity index (χ4v) is 6.79. The van der Waals surface area contributed by atoms with E-state index in [1.165, 1.54) is 82.0 Å². The van der Waals surface area contributed by atoms with Gasteiger partial charge in [-0.15, -0.1) is 0 Å². The normalized spacial score (nSPS) is 12.2. The Kier molecular flexibility index (Phi) is 5.49. The summed E-state index contributed by atoms with van der Waals surface area (Å²) in [5.74, 6) is 0. The molecule has 0 aliphatic rings. The molecule has 0 aliphatic heterocycles. The molecule has 8 rings (SSSR count). The number of hydrogen-bond donors (Lipinski definition) is 0. The van der Waals surface area contributed by atoms with Crippen LogP contribution in [0.1, 0.15) is 26.3 Å². The summed E-state index contributed by atoms with van der Waals surface area (Å²) in [6.07, 6.45) is 0. The van der Waals surface area contributed by atoms with Crippen LogP contribution in [0, 0.1) is 0 Å². The third kappa shape index (κ3) is 3.90. The predicted octanol–water partition coefficient (Wildman–Crippen LogP) is 12.0. The summed E-state index contributed by atoms with van der Waals surface area (Å²) in [7, 11) is 0. The first kappa shape index (κ1) is 24.8. The third-order valence-electron chi connectivity index (χ3n) is 8.95. The Morgan fingerprint density at radius 3 is 1.45 bits per heavy atom. The lowest BCUT2D eigenvalue weighted by Gasteiger charge is -2.21. The molecule has 42 heavy (non-hydrogen) atoms. The van der Waals surface area contributed by atoms with E-state index < -0.39 is 0 Å². The van der Waals surface area contributed by atoms with E-state index in [9.17, 15) is 0 Å². The highest BCUT2D eigenvalue weighted by molar-refractivity contribution is 6.29. The molecule has 0 spiro atoms. The van der Waals surface area contributed by atoms with Crippen molar-refractivity contribution in [2.24, 2.45) is 0 Å². The van der Waals surface area contributed by atoms with Gasteiger partial charge in [0.15, 0.2) is 0 Å². The molecular formula is C42H32. The van der Waals surface area contributed by atoms with Crippen LogP contribution in [0.3, 0.4) is 0 Å². The van der Waals surface area contributed by atoms with E-state index in [-0.39, 0.29) is 5.41 Å². The van der Waals surface area contributed by atoms with Crippen LogP contribution in [0.25, 0.3) is 76.5 Å². The molecule has 0 atom stereocenters. The Labute approximate surface area is 247 Å². The zero-order valence-electron chi connectivity index (χ0n) is 24.3. The van der Waals surface area contributed by atoms with Crippen molar-refractivity contribution in [1.82, 2.24) is 0 Å². The Morgan fingerprint density at radius 2 is 0.833 bits per heavy atom. The number of fused-ring (bicyclic) bond motifs is 1. The van der Waals surface area contributed by atoms with E-state index in [0.29, 0.717) is 0 Å². The Bertz CT molecular complexity index is 2240. The molecule has 0 unspecified atom stereocenters. The van der Waals surface area contributed by atoms with Gasteiger partial charge in [-0.25, -0.2) is 0 Å². The zero-order chi connectivity index (χ0) is 28.4. The minimum absolute atomic E-state index is 0.134. The van der Waals surface area contributed by atoms with Gasteiger partial charge < -0.3 is 0 Å². The van der Waals surface area contributed by atoms with Crippen molar-refractivity contribution in [2.45, 2.75) is 26.2 Å². The molecule has 0 radical (unpaired) electrons. The maximum Gasteiger partial charge on any atom is -0.00201 e. The summed E-state index contributed by atoms with van der Waals surface area (Å²) in [6, 6.07) is 51.9. The number of hydrogen-bond acceptors (Lipinski definition) is 0. The molecule has 0 heterocycles. The minimum Gasteiger partial charge on any atom is -0.0622 e. The molecule has 200 valence electrons. The Morgan fingerprint density at radius 1 is 0.357 bits per heavy atom. The molecule has 0 nitrogen and oxygen atoms in total. The van der Waals surface area contributed by atoms with Gasteiger partial charge in [0.05, 0.1) is 0 Å². The molecule has 0 saturated carbocycles. The summed E-state index contributed by atoms with van der Waals surface area (Å²) >= 11 is 0. The van der Waals surface area contributed by atoms with Crippen LogP contribution >= 0.6 is 0 Å². The number of benzene rings is 8. The summed E-state index contributed by atoms with van der Waals surface area (Å²) in [5, 5.41) is 10.4. The lowest BCUT2D eigenvalue weighted by atomic mass is 9.83. The van der Waals surface area contributed by atoms with Gasteiger partial charge in [-0.2, -0.15) is 0 Å². The van der Waals surface area contributed by atoms with E-state index in [4.69, 9.17) is 0 Å². The minimum atomic E-state index is 0.134. The standard InChI is InChI=1S/C42H32/c1-42(2,3)33-21-19-28(20-22-33)36-25-31-15-10-18-35-38(26-32-16-9-17-34(36)40(32)41(31)35)39-24-30-14-8-7-13-29(30)23-37(39)27-11-5-4-6-12-27/h4-26H,1-3H3. The van der Waals surface area contributed by atoms with Gasteiger partial charge in [0.25, 0.3) is 0 Å². The maximum atomic E-state index is 2.42. The van der Waals surface area contributed by atoms with Gasteiger partial charge in [0.2, 0.25) is 0 Å². The molecule has 0 amide bonds. The fourth-order valence-electron chi connectivity index (χ4n) is 6.79. The van der Waals surface area contributed by atoms with E-state index in [2.05, 4.69) is 160 Å². The fraction of sp³-hybridized carbons (Fsp3) is 0.0952. The maximum absolute atomic E-state index is 2.42. The molecular weight excluding hydrogens is 504 g/mol. The van der Waals surface area contributed by atoms with Crippen LogP contribution < -0.4 is 0 Å². The molecule has 0 heteroatoms. The third-order valence-corrected chi connectivity index (χ3v) is 8.95. The van der Waals surface area contributed by atoms with Crippen molar-refractivity contribution in [2.75, 3.05) is 0 Å².